The van der Waals surface area contributed by atoms with Crippen molar-refractivity contribution in [2.75, 3.05) is 12.3 Å². The van der Waals surface area contributed by atoms with E-state index in [2.05, 4.69) is 42.1 Å². The van der Waals surface area contributed by atoms with Gasteiger partial charge in [-0.25, -0.2) is 0 Å². The monoisotopic (exact) mass is 267 g/mol. The Bertz CT molecular complexity index is 369. The lowest BCUT2D eigenvalue weighted by Crippen LogP contribution is -2.47. The van der Waals surface area contributed by atoms with Gasteiger partial charge in [0.25, 0.3) is 0 Å². The van der Waals surface area contributed by atoms with E-state index < -0.39 is 0 Å². The first kappa shape index (κ1) is 13.9. The Hall–Kier alpha value is -0.480. The molecule has 0 saturated carbocycles. The number of hydrogen-bond acceptors (Lipinski definition) is 3. The van der Waals surface area contributed by atoms with Crippen LogP contribution in [0.1, 0.15) is 38.8 Å². The summed E-state index contributed by atoms with van der Waals surface area (Å²) in [5.41, 5.74) is 1.21. The lowest BCUT2D eigenvalue weighted by molar-refractivity contribution is 0.395. The van der Waals surface area contributed by atoms with Crippen molar-refractivity contribution >= 4 is 11.8 Å². The molecule has 1 N–H and O–H groups in total. The Morgan fingerprint density at radius 1 is 1.61 bits per heavy atom. The quantitative estimate of drug-likeness (QED) is 0.859. The van der Waals surface area contributed by atoms with Gasteiger partial charge in [-0.1, -0.05) is 6.92 Å². The molecule has 102 valence electrons. The van der Waals surface area contributed by atoms with E-state index in [0.29, 0.717) is 10.8 Å². The second kappa shape index (κ2) is 6.11. The fourth-order valence-electron chi connectivity index (χ4n) is 2.68. The van der Waals surface area contributed by atoms with Crippen LogP contribution in [0.15, 0.2) is 12.3 Å². The van der Waals surface area contributed by atoms with Crippen LogP contribution in [0.5, 0.6) is 0 Å². The summed E-state index contributed by atoms with van der Waals surface area (Å²) in [5, 5.41) is 8.27. The van der Waals surface area contributed by atoms with E-state index in [1.807, 2.05) is 17.9 Å². The maximum Gasteiger partial charge on any atom is 0.0640 e. The van der Waals surface area contributed by atoms with Crippen molar-refractivity contribution in [1.29, 1.82) is 0 Å². The predicted molar refractivity (Wildman–Crippen MR) is 79.1 cm³/mol. The van der Waals surface area contributed by atoms with Gasteiger partial charge in [-0.05, 0) is 44.6 Å². The van der Waals surface area contributed by atoms with Crippen molar-refractivity contribution in [2.24, 2.45) is 7.05 Å². The standard InChI is InChI=1S/C14H25N3S/c1-4-8-15-13(14(2)7-5-10-18-14)11-12-6-9-17(3)16-12/h6,9,13,15H,4-5,7-8,10-11H2,1-3H3. The van der Waals surface area contributed by atoms with Crippen LogP contribution in [-0.2, 0) is 13.5 Å². The lowest BCUT2D eigenvalue weighted by Gasteiger charge is -2.34. The average Bonchev–Trinajstić information content (AvgIpc) is 2.94. The minimum atomic E-state index is 0.382. The van der Waals surface area contributed by atoms with E-state index >= 15 is 0 Å². The van der Waals surface area contributed by atoms with Gasteiger partial charge in [-0.15, -0.1) is 0 Å². The SMILES string of the molecule is CCCNC(Cc1ccn(C)n1)C1(C)CCCS1. The van der Waals surface area contributed by atoms with E-state index in [1.165, 1.54) is 30.7 Å². The highest BCUT2D eigenvalue weighted by Crippen LogP contribution is 2.41. The Balaban J connectivity index is 2.04. The summed E-state index contributed by atoms with van der Waals surface area (Å²) >= 11 is 2.13. The van der Waals surface area contributed by atoms with Crippen molar-refractivity contribution in [3.05, 3.63) is 18.0 Å². The largest absolute Gasteiger partial charge is 0.312 e. The minimum absolute atomic E-state index is 0.382. The van der Waals surface area contributed by atoms with Crippen LogP contribution in [0.3, 0.4) is 0 Å². The maximum atomic E-state index is 4.53. The van der Waals surface area contributed by atoms with E-state index in [-0.39, 0.29) is 0 Å². The van der Waals surface area contributed by atoms with Crippen LogP contribution < -0.4 is 5.32 Å². The number of hydrogen-bond donors (Lipinski definition) is 1. The molecule has 2 unspecified atom stereocenters. The predicted octanol–water partition coefficient (Wildman–Crippen LogP) is 2.62. The highest BCUT2D eigenvalue weighted by molar-refractivity contribution is 8.00. The fraction of sp³-hybridized carbons (Fsp3) is 0.786. The molecule has 1 aliphatic heterocycles. The van der Waals surface area contributed by atoms with Crippen LogP contribution in [0.2, 0.25) is 0 Å². The van der Waals surface area contributed by atoms with Crippen molar-refractivity contribution in [2.45, 2.75) is 50.3 Å². The molecule has 0 bridgehead atoms. The zero-order valence-corrected chi connectivity index (χ0v) is 12.6. The maximum absolute atomic E-state index is 4.53. The molecule has 2 heterocycles. The number of nitrogens with zero attached hydrogens (tertiary/aromatic N) is 2. The summed E-state index contributed by atoms with van der Waals surface area (Å²) in [5.74, 6) is 1.31. The van der Waals surface area contributed by atoms with E-state index in [1.54, 1.807) is 0 Å². The van der Waals surface area contributed by atoms with Crippen molar-refractivity contribution < 1.29 is 0 Å². The van der Waals surface area contributed by atoms with Crippen molar-refractivity contribution in [3.8, 4) is 0 Å². The molecule has 1 fully saturated rings. The van der Waals surface area contributed by atoms with E-state index in [9.17, 15) is 0 Å². The summed E-state index contributed by atoms with van der Waals surface area (Å²) < 4.78 is 2.28. The zero-order valence-electron chi connectivity index (χ0n) is 11.8. The number of aryl methyl sites for hydroxylation is 1. The van der Waals surface area contributed by atoms with Gasteiger partial charge in [-0.3, -0.25) is 4.68 Å². The summed E-state index contributed by atoms with van der Waals surface area (Å²) in [6, 6.07) is 2.68. The first-order valence-electron chi connectivity index (χ1n) is 7.00. The summed E-state index contributed by atoms with van der Waals surface area (Å²) in [7, 11) is 1.99. The second-order valence-electron chi connectivity index (χ2n) is 5.46. The van der Waals surface area contributed by atoms with Crippen molar-refractivity contribution in [1.82, 2.24) is 15.1 Å². The van der Waals surface area contributed by atoms with Gasteiger partial charge in [0.1, 0.15) is 0 Å². The molecule has 0 radical (unpaired) electrons. The third kappa shape index (κ3) is 3.29. The molecule has 2 atom stereocenters. The molecule has 0 amide bonds. The third-order valence-corrected chi connectivity index (χ3v) is 5.45. The van der Waals surface area contributed by atoms with Gasteiger partial charge in [0.2, 0.25) is 0 Å². The van der Waals surface area contributed by atoms with Crippen LogP contribution in [0.25, 0.3) is 0 Å². The van der Waals surface area contributed by atoms with Gasteiger partial charge in [0.05, 0.1) is 5.69 Å². The van der Waals surface area contributed by atoms with Crippen molar-refractivity contribution in [3.63, 3.8) is 0 Å². The molecule has 1 aliphatic rings. The molecule has 18 heavy (non-hydrogen) atoms. The van der Waals surface area contributed by atoms with E-state index in [0.717, 1.165) is 13.0 Å². The molecule has 0 spiro atoms. The topological polar surface area (TPSA) is 29.9 Å². The number of thioether (sulfide) groups is 1. The molecule has 0 aromatic carbocycles. The van der Waals surface area contributed by atoms with Crippen LogP contribution in [0, 0.1) is 0 Å². The number of aromatic nitrogens is 2. The number of nitrogens with one attached hydrogen (secondary N) is 1. The summed E-state index contributed by atoms with van der Waals surface area (Å²) in [4.78, 5) is 0. The first-order chi connectivity index (χ1) is 8.64. The lowest BCUT2D eigenvalue weighted by atomic mass is 9.92. The van der Waals surface area contributed by atoms with Gasteiger partial charge in [-0.2, -0.15) is 16.9 Å². The molecule has 1 aromatic heterocycles. The molecule has 2 rings (SSSR count). The molecule has 1 saturated heterocycles. The normalized spacial score (nSPS) is 25.5. The average molecular weight is 267 g/mol. The fourth-order valence-corrected chi connectivity index (χ4v) is 4.09. The highest BCUT2D eigenvalue weighted by atomic mass is 32.2. The Kier molecular flexibility index (Phi) is 4.73. The second-order valence-corrected chi connectivity index (χ2v) is 7.09. The van der Waals surface area contributed by atoms with Gasteiger partial charge >= 0.3 is 0 Å². The van der Waals surface area contributed by atoms with Gasteiger partial charge in [0, 0.05) is 30.5 Å². The summed E-state index contributed by atoms with van der Waals surface area (Å²) in [6.07, 6.45) is 6.96. The molecule has 4 heteroatoms. The highest BCUT2D eigenvalue weighted by Gasteiger charge is 2.37. The Morgan fingerprint density at radius 2 is 2.44 bits per heavy atom. The first-order valence-corrected chi connectivity index (χ1v) is 7.98. The number of rotatable bonds is 6. The molecule has 1 aromatic rings. The van der Waals surface area contributed by atoms with Gasteiger partial charge in [0.15, 0.2) is 0 Å². The van der Waals surface area contributed by atoms with Crippen LogP contribution in [0.4, 0.5) is 0 Å². The summed E-state index contributed by atoms with van der Waals surface area (Å²) in [6.45, 7) is 5.75. The van der Waals surface area contributed by atoms with Gasteiger partial charge < -0.3 is 5.32 Å². The van der Waals surface area contributed by atoms with Crippen LogP contribution in [-0.4, -0.2) is 32.9 Å². The zero-order chi connectivity index (χ0) is 13.0. The van der Waals surface area contributed by atoms with E-state index in [4.69, 9.17) is 0 Å². The molecule has 3 nitrogen and oxygen atoms in total. The molecular weight excluding hydrogens is 242 g/mol. The molecule has 0 aliphatic carbocycles. The Labute approximate surface area is 115 Å². The van der Waals surface area contributed by atoms with Crippen LogP contribution >= 0.6 is 11.8 Å². The molecular formula is C14H25N3S. The minimum Gasteiger partial charge on any atom is -0.312 e. The smallest absolute Gasteiger partial charge is 0.0640 e. The third-order valence-electron chi connectivity index (χ3n) is 3.81. The Morgan fingerprint density at radius 3 is 3.00 bits per heavy atom.